The van der Waals surface area contributed by atoms with Gasteiger partial charge in [0.05, 0.1) is 14.2 Å². The zero-order chi connectivity index (χ0) is 20.5. The summed E-state index contributed by atoms with van der Waals surface area (Å²) in [7, 11) is 3.16. The van der Waals surface area contributed by atoms with Crippen molar-refractivity contribution in [2.24, 2.45) is 5.92 Å². The SMILES string of the molecule is COc1ccc(/C=C/C(=O)C(C(C)=O)C(=O)CCc2ccc(OC)cc2)cc1. The van der Waals surface area contributed by atoms with Crippen LogP contribution in [-0.2, 0) is 20.8 Å². The third kappa shape index (κ3) is 5.91. The molecule has 5 nitrogen and oxygen atoms in total. The first-order valence-electron chi connectivity index (χ1n) is 8.96. The Labute approximate surface area is 165 Å². The molecule has 0 N–H and O–H groups in total. The molecule has 1 atom stereocenters. The zero-order valence-electron chi connectivity index (χ0n) is 16.3. The maximum absolute atomic E-state index is 12.5. The third-order valence-electron chi connectivity index (χ3n) is 4.39. The Balaban J connectivity index is 2.01. The Hall–Kier alpha value is -3.21. The van der Waals surface area contributed by atoms with Crippen LogP contribution in [0.25, 0.3) is 6.08 Å². The summed E-state index contributed by atoms with van der Waals surface area (Å²) in [5, 5.41) is 0. The zero-order valence-corrected chi connectivity index (χ0v) is 16.3. The molecular weight excluding hydrogens is 356 g/mol. The fraction of sp³-hybridized carbons (Fsp3) is 0.261. The second kappa shape index (κ2) is 10.2. The Morgan fingerprint density at radius 2 is 1.43 bits per heavy atom. The van der Waals surface area contributed by atoms with Gasteiger partial charge in [-0.15, -0.1) is 0 Å². The average Bonchev–Trinajstić information content (AvgIpc) is 2.71. The van der Waals surface area contributed by atoms with Crippen LogP contribution < -0.4 is 9.47 Å². The van der Waals surface area contributed by atoms with E-state index in [0.29, 0.717) is 12.2 Å². The van der Waals surface area contributed by atoms with Crippen molar-refractivity contribution in [3.05, 3.63) is 65.7 Å². The van der Waals surface area contributed by atoms with Gasteiger partial charge in [-0.2, -0.15) is 0 Å². The quantitative estimate of drug-likeness (QED) is 0.464. The summed E-state index contributed by atoms with van der Waals surface area (Å²) in [4.78, 5) is 36.9. The standard InChI is InChI=1S/C23H24O5/c1-16(24)23(21(25)14-8-17-4-10-19(27-2)11-5-17)22(26)15-9-18-6-12-20(28-3)13-7-18/h4-8,10-14,23H,9,15H2,1-3H3/b14-8+. The van der Waals surface area contributed by atoms with Crippen molar-refractivity contribution >= 4 is 23.4 Å². The molecule has 0 spiro atoms. The first-order valence-corrected chi connectivity index (χ1v) is 8.96. The number of ketones is 3. The number of ether oxygens (including phenoxy) is 2. The van der Waals surface area contributed by atoms with Crippen molar-refractivity contribution in [2.75, 3.05) is 14.2 Å². The van der Waals surface area contributed by atoms with Crippen LogP contribution in [0.1, 0.15) is 24.5 Å². The van der Waals surface area contributed by atoms with Crippen molar-refractivity contribution in [1.29, 1.82) is 0 Å². The number of aryl methyl sites for hydroxylation is 1. The van der Waals surface area contributed by atoms with Crippen LogP contribution in [0.3, 0.4) is 0 Å². The largest absolute Gasteiger partial charge is 0.497 e. The molecule has 0 radical (unpaired) electrons. The van der Waals surface area contributed by atoms with E-state index in [1.54, 1.807) is 44.6 Å². The first kappa shape index (κ1) is 21.1. The Morgan fingerprint density at radius 1 is 0.893 bits per heavy atom. The summed E-state index contributed by atoms with van der Waals surface area (Å²) in [6, 6.07) is 14.5. The number of Topliss-reactive ketones (excluding diaryl/α,β-unsaturated/α-hetero) is 2. The second-order valence-electron chi connectivity index (χ2n) is 6.37. The van der Waals surface area contributed by atoms with Crippen molar-refractivity contribution < 1.29 is 23.9 Å². The minimum absolute atomic E-state index is 0.124. The highest BCUT2D eigenvalue weighted by atomic mass is 16.5. The molecule has 0 heterocycles. The van der Waals surface area contributed by atoms with Crippen LogP contribution in [0, 0.1) is 5.92 Å². The number of carbonyl (C=O) groups is 3. The van der Waals surface area contributed by atoms with E-state index < -0.39 is 17.5 Å². The Bertz CT molecular complexity index is 848. The number of rotatable bonds is 10. The number of benzene rings is 2. The van der Waals surface area contributed by atoms with Crippen LogP contribution >= 0.6 is 0 Å². The molecule has 0 amide bonds. The maximum Gasteiger partial charge on any atom is 0.173 e. The number of hydrogen-bond donors (Lipinski definition) is 0. The van der Waals surface area contributed by atoms with Gasteiger partial charge in [0, 0.05) is 6.42 Å². The fourth-order valence-corrected chi connectivity index (χ4v) is 2.78. The number of allylic oxidation sites excluding steroid dienone is 1. The summed E-state index contributed by atoms with van der Waals surface area (Å²) < 4.78 is 10.2. The van der Waals surface area contributed by atoms with E-state index in [4.69, 9.17) is 9.47 Å². The van der Waals surface area contributed by atoms with Crippen LogP contribution in [0.2, 0.25) is 0 Å². The van der Waals surface area contributed by atoms with Crippen LogP contribution in [0.5, 0.6) is 11.5 Å². The van der Waals surface area contributed by atoms with Gasteiger partial charge in [-0.25, -0.2) is 0 Å². The second-order valence-corrected chi connectivity index (χ2v) is 6.37. The molecule has 0 aromatic heterocycles. The van der Waals surface area contributed by atoms with Gasteiger partial charge in [-0.3, -0.25) is 14.4 Å². The van der Waals surface area contributed by atoms with E-state index in [0.717, 1.165) is 16.9 Å². The monoisotopic (exact) mass is 380 g/mol. The fourth-order valence-electron chi connectivity index (χ4n) is 2.78. The average molecular weight is 380 g/mol. The molecule has 0 fully saturated rings. The molecule has 146 valence electrons. The van der Waals surface area contributed by atoms with Gasteiger partial charge in [0.1, 0.15) is 23.2 Å². The van der Waals surface area contributed by atoms with Gasteiger partial charge < -0.3 is 9.47 Å². The molecule has 0 saturated carbocycles. The first-order chi connectivity index (χ1) is 13.4. The molecule has 1 unspecified atom stereocenters. The number of carbonyl (C=O) groups excluding carboxylic acids is 3. The van der Waals surface area contributed by atoms with Crippen LogP contribution in [0.15, 0.2) is 54.6 Å². The van der Waals surface area contributed by atoms with E-state index in [1.807, 2.05) is 24.3 Å². The highest BCUT2D eigenvalue weighted by molar-refractivity contribution is 6.22. The van der Waals surface area contributed by atoms with Gasteiger partial charge in [-0.05, 0) is 54.8 Å². The maximum atomic E-state index is 12.5. The van der Waals surface area contributed by atoms with Gasteiger partial charge >= 0.3 is 0 Å². The highest BCUT2D eigenvalue weighted by Gasteiger charge is 2.28. The van der Waals surface area contributed by atoms with E-state index in [9.17, 15) is 14.4 Å². The lowest BCUT2D eigenvalue weighted by Crippen LogP contribution is -2.29. The Morgan fingerprint density at radius 3 is 1.93 bits per heavy atom. The van der Waals surface area contributed by atoms with Gasteiger partial charge in [0.15, 0.2) is 11.6 Å². The van der Waals surface area contributed by atoms with E-state index in [-0.39, 0.29) is 12.2 Å². The molecule has 2 aromatic carbocycles. The van der Waals surface area contributed by atoms with E-state index in [1.165, 1.54) is 13.0 Å². The molecule has 28 heavy (non-hydrogen) atoms. The smallest absolute Gasteiger partial charge is 0.173 e. The van der Waals surface area contributed by atoms with Crippen molar-refractivity contribution in [1.82, 2.24) is 0 Å². The molecule has 0 aliphatic heterocycles. The summed E-state index contributed by atoms with van der Waals surface area (Å²) in [6.07, 6.45) is 3.47. The third-order valence-corrected chi connectivity index (χ3v) is 4.39. The molecule has 0 aliphatic rings. The summed E-state index contributed by atoms with van der Waals surface area (Å²) >= 11 is 0. The van der Waals surface area contributed by atoms with Gasteiger partial charge in [0.2, 0.25) is 0 Å². The van der Waals surface area contributed by atoms with Crippen LogP contribution in [0.4, 0.5) is 0 Å². The summed E-state index contributed by atoms with van der Waals surface area (Å²) in [5.41, 5.74) is 1.72. The minimum atomic E-state index is -1.26. The molecule has 0 saturated heterocycles. The lowest BCUT2D eigenvalue weighted by atomic mass is 9.90. The van der Waals surface area contributed by atoms with Crippen molar-refractivity contribution in [3.63, 3.8) is 0 Å². The lowest BCUT2D eigenvalue weighted by Gasteiger charge is -2.10. The Kier molecular flexibility index (Phi) is 7.69. The normalized spacial score (nSPS) is 11.8. The van der Waals surface area contributed by atoms with E-state index >= 15 is 0 Å². The topological polar surface area (TPSA) is 69.7 Å². The van der Waals surface area contributed by atoms with Gasteiger partial charge in [-0.1, -0.05) is 30.3 Å². The van der Waals surface area contributed by atoms with Gasteiger partial charge in [0.25, 0.3) is 0 Å². The number of hydrogen-bond acceptors (Lipinski definition) is 5. The minimum Gasteiger partial charge on any atom is -0.497 e. The summed E-state index contributed by atoms with van der Waals surface area (Å²) in [5.74, 6) is -1.12. The summed E-state index contributed by atoms with van der Waals surface area (Å²) in [6.45, 7) is 1.27. The molecule has 0 aliphatic carbocycles. The predicted octanol–water partition coefficient (Wildman–Crippen LogP) is 3.69. The molecule has 0 bridgehead atoms. The molecular formula is C23H24O5. The van der Waals surface area contributed by atoms with Crippen LogP contribution in [-0.4, -0.2) is 31.6 Å². The lowest BCUT2D eigenvalue weighted by molar-refractivity contribution is -0.137. The van der Waals surface area contributed by atoms with E-state index in [2.05, 4.69) is 0 Å². The molecule has 5 heteroatoms. The number of methoxy groups -OCH3 is 2. The highest BCUT2D eigenvalue weighted by Crippen LogP contribution is 2.16. The molecule has 2 aromatic rings. The molecule has 2 rings (SSSR count). The predicted molar refractivity (Wildman–Crippen MR) is 108 cm³/mol. The van der Waals surface area contributed by atoms with Crippen molar-refractivity contribution in [3.8, 4) is 11.5 Å². The van der Waals surface area contributed by atoms with Crippen molar-refractivity contribution in [2.45, 2.75) is 19.8 Å².